The van der Waals surface area contributed by atoms with Crippen LogP contribution >= 0.6 is 11.8 Å². The summed E-state index contributed by atoms with van der Waals surface area (Å²) >= 11 is 1.84. The third-order valence-corrected chi connectivity index (χ3v) is 4.38. The van der Waals surface area contributed by atoms with E-state index in [1.165, 1.54) is 5.56 Å². The molecule has 0 fully saturated rings. The highest BCUT2D eigenvalue weighted by atomic mass is 32.2. The summed E-state index contributed by atoms with van der Waals surface area (Å²) < 4.78 is 0. The van der Waals surface area contributed by atoms with Gasteiger partial charge in [0.25, 0.3) is 5.91 Å². The molecule has 0 heterocycles. The monoisotopic (exact) mass is 299 g/mol. The van der Waals surface area contributed by atoms with Crippen molar-refractivity contribution in [3.63, 3.8) is 0 Å². The summed E-state index contributed by atoms with van der Waals surface area (Å²) in [7, 11) is 0. The molecular weight excluding hydrogens is 278 g/mol. The Bertz CT molecular complexity index is 575. The average Bonchev–Trinajstić information content (AvgIpc) is 2.48. The van der Waals surface area contributed by atoms with E-state index in [1.54, 1.807) is 0 Å². The minimum absolute atomic E-state index is 0.0333. The number of thioether (sulfide) groups is 1. The second-order valence-electron chi connectivity index (χ2n) is 5.06. The van der Waals surface area contributed by atoms with Crippen molar-refractivity contribution in [3.8, 4) is 0 Å². The van der Waals surface area contributed by atoms with Crippen LogP contribution in [0.5, 0.6) is 0 Å². The lowest BCUT2D eigenvalue weighted by molar-refractivity contribution is 0.0955. The molecule has 110 valence electrons. The van der Waals surface area contributed by atoms with Crippen molar-refractivity contribution in [2.24, 2.45) is 0 Å². The van der Waals surface area contributed by atoms with Gasteiger partial charge in [0.1, 0.15) is 0 Å². The standard InChI is InChI=1S/C18H21NOS/c1-14-7-6-8-15(2)17(14)18(20)19-11-12-21-13-16-9-4-3-5-10-16/h3-10H,11-13H2,1-2H3,(H,19,20). The second kappa shape index (κ2) is 7.89. The summed E-state index contributed by atoms with van der Waals surface area (Å²) in [6.07, 6.45) is 0. The highest BCUT2D eigenvalue weighted by Crippen LogP contribution is 2.13. The van der Waals surface area contributed by atoms with Crippen molar-refractivity contribution in [2.45, 2.75) is 19.6 Å². The molecule has 2 aromatic rings. The van der Waals surface area contributed by atoms with Crippen LogP contribution in [0.2, 0.25) is 0 Å². The summed E-state index contributed by atoms with van der Waals surface area (Å²) in [6, 6.07) is 16.3. The van der Waals surface area contributed by atoms with Crippen LogP contribution in [0.4, 0.5) is 0 Å². The highest BCUT2D eigenvalue weighted by Gasteiger charge is 2.10. The van der Waals surface area contributed by atoms with E-state index in [9.17, 15) is 4.79 Å². The van der Waals surface area contributed by atoms with Crippen LogP contribution in [-0.4, -0.2) is 18.2 Å². The summed E-state index contributed by atoms with van der Waals surface area (Å²) in [5.41, 5.74) is 4.20. The van der Waals surface area contributed by atoms with E-state index < -0.39 is 0 Å². The lowest BCUT2D eigenvalue weighted by atomic mass is 10.0. The minimum atomic E-state index is 0.0333. The first kappa shape index (κ1) is 15.6. The molecule has 0 atom stereocenters. The predicted octanol–water partition coefficient (Wildman–Crippen LogP) is 3.97. The summed E-state index contributed by atoms with van der Waals surface area (Å²) in [5, 5.41) is 3.01. The van der Waals surface area contributed by atoms with Gasteiger partial charge in [0.2, 0.25) is 0 Å². The third kappa shape index (κ3) is 4.64. The summed E-state index contributed by atoms with van der Waals surface area (Å²) in [4.78, 5) is 12.2. The molecule has 0 spiro atoms. The van der Waals surface area contributed by atoms with E-state index in [2.05, 4.69) is 29.6 Å². The lowest BCUT2D eigenvalue weighted by Crippen LogP contribution is -2.27. The topological polar surface area (TPSA) is 29.1 Å². The van der Waals surface area contributed by atoms with Crippen LogP contribution in [0.25, 0.3) is 0 Å². The number of carbonyl (C=O) groups excluding carboxylic acids is 1. The maximum absolute atomic E-state index is 12.2. The Kier molecular flexibility index (Phi) is 5.88. The highest BCUT2D eigenvalue weighted by molar-refractivity contribution is 7.98. The number of aryl methyl sites for hydroxylation is 2. The van der Waals surface area contributed by atoms with Gasteiger partial charge in [0.05, 0.1) is 0 Å². The van der Waals surface area contributed by atoms with Crippen molar-refractivity contribution in [1.29, 1.82) is 0 Å². The number of carbonyl (C=O) groups is 1. The zero-order valence-electron chi connectivity index (χ0n) is 12.6. The molecule has 0 aliphatic carbocycles. The summed E-state index contributed by atoms with van der Waals surface area (Å²) in [6.45, 7) is 4.66. The third-order valence-electron chi connectivity index (χ3n) is 3.35. The first-order chi connectivity index (χ1) is 10.2. The van der Waals surface area contributed by atoms with Gasteiger partial charge in [-0.3, -0.25) is 4.79 Å². The molecule has 0 saturated carbocycles. The van der Waals surface area contributed by atoms with Gasteiger partial charge in [-0.15, -0.1) is 0 Å². The van der Waals surface area contributed by atoms with Crippen molar-refractivity contribution in [3.05, 3.63) is 70.8 Å². The number of nitrogens with one attached hydrogen (secondary N) is 1. The summed E-state index contributed by atoms with van der Waals surface area (Å²) in [5.74, 6) is 1.94. The van der Waals surface area contributed by atoms with Crippen LogP contribution in [0.15, 0.2) is 48.5 Å². The van der Waals surface area contributed by atoms with Crippen LogP contribution in [0.1, 0.15) is 27.0 Å². The zero-order chi connectivity index (χ0) is 15.1. The molecule has 2 aromatic carbocycles. The smallest absolute Gasteiger partial charge is 0.251 e. The predicted molar refractivity (Wildman–Crippen MR) is 90.9 cm³/mol. The van der Waals surface area contributed by atoms with Crippen molar-refractivity contribution >= 4 is 17.7 Å². The molecule has 3 heteroatoms. The fourth-order valence-corrected chi connectivity index (χ4v) is 3.08. The van der Waals surface area contributed by atoms with E-state index in [0.717, 1.165) is 28.2 Å². The average molecular weight is 299 g/mol. The van der Waals surface area contributed by atoms with E-state index >= 15 is 0 Å². The second-order valence-corrected chi connectivity index (χ2v) is 6.17. The molecule has 0 bridgehead atoms. The molecule has 0 aliphatic heterocycles. The molecule has 0 saturated heterocycles. The lowest BCUT2D eigenvalue weighted by Gasteiger charge is -2.10. The van der Waals surface area contributed by atoms with E-state index in [1.807, 2.05) is 49.9 Å². The van der Waals surface area contributed by atoms with Gasteiger partial charge in [0.15, 0.2) is 0 Å². The molecule has 0 aliphatic rings. The zero-order valence-corrected chi connectivity index (χ0v) is 13.4. The Morgan fingerprint density at radius 2 is 1.67 bits per heavy atom. The van der Waals surface area contributed by atoms with Crippen molar-refractivity contribution in [1.82, 2.24) is 5.32 Å². The van der Waals surface area contributed by atoms with E-state index in [4.69, 9.17) is 0 Å². The maximum Gasteiger partial charge on any atom is 0.251 e. The number of rotatable bonds is 6. The molecule has 0 radical (unpaired) electrons. The van der Waals surface area contributed by atoms with E-state index in [0.29, 0.717) is 6.54 Å². The molecule has 1 amide bonds. The fraction of sp³-hybridized carbons (Fsp3) is 0.278. The molecule has 1 N–H and O–H groups in total. The van der Waals surface area contributed by atoms with Crippen LogP contribution in [0.3, 0.4) is 0 Å². The van der Waals surface area contributed by atoms with Crippen LogP contribution in [-0.2, 0) is 5.75 Å². The Labute approximate surface area is 131 Å². The molecular formula is C18H21NOS. The van der Waals surface area contributed by atoms with Crippen molar-refractivity contribution in [2.75, 3.05) is 12.3 Å². The normalized spacial score (nSPS) is 10.4. The minimum Gasteiger partial charge on any atom is -0.351 e. The van der Waals surface area contributed by atoms with E-state index in [-0.39, 0.29) is 5.91 Å². The van der Waals surface area contributed by atoms with Gasteiger partial charge in [-0.2, -0.15) is 11.8 Å². The first-order valence-electron chi connectivity index (χ1n) is 7.14. The Morgan fingerprint density at radius 3 is 2.33 bits per heavy atom. The van der Waals surface area contributed by atoms with Crippen LogP contribution < -0.4 is 5.32 Å². The van der Waals surface area contributed by atoms with Gasteiger partial charge in [-0.25, -0.2) is 0 Å². The Morgan fingerprint density at radius 1 is 1.00 bits per heavy atom. The molecule has 2 nitrogen and oxygen atoms in total. The van der Waals surface area contributed by atoms with Crippen LogP contribution in [0, 0.1) is 13.8 Å². The molecule has 2 rings (SSSR count). The van der Waals surface area contributed by atoms with Gasteiger partial charge >= 0.3 is 0 Å². The first-order valence-corrected chi connectivity index (χ1v) is 8.30. The van der Waals surface area contributed by atoms with Crippen molar-refractivity contribution < 1.29 is 4.79 Å². The number of benzene rings is 2. The van der Waals surface area contributed by atoms with Gasteiger partial charge in [0, 0.05) is 23.6 Å². The quantitative estimate of drug-likeness (QED) is 0.818. The Balaban J connectivity index is 1.75. The molecule has 0 aromatic heterocycles. The van der Waals surface area contributed by atoms with Gasteiger partial charge in [-0.1, -0.05) is 48.5 Å². The Hall–Kier alpha value is -1.74. The maximum atomic E-state index is 12.2. The number of hydrogen-bond donors (Lipinski definition) is 1. The number of hydrogen-bond acceptors (Lipinski definition) is 2. The fourth-order valence-electron chi connectivity index (χ4n) is 2.26. The molecule has 0 unspecified atom stereocenters. The van der Waals surface area contributed by atoms with Gasteiger partial charge in [-0.05, 0) is 30.5 Å². The number of amides is 1. The SMILES string of the molecule is Cc1cccc(C)c1C(=O)NCCSCc1ccccc1. The van der Waals surface area contributed by atoms with Gasteiger partial charge < -0.3 is 5.32 Å². The molecule has 21 heavy (non-hydrogen) atoms. The largest absolute Gasteiger partial charge is 0.351 e.